The molecule has 0 aliphatic carbocycles. The van der Waals surface area contributed by atoms with Gasteiger partial charge in [0.05, 0.1) is 18.8 Å². The number of nitrogens with one attached hydrogen (secondary N) is 1. The Morgan fingerprint density at radius 3 is 2.60 bits per heavy atom. The number of ether oxygens (including phenoxy) is 1. The Hall–Kier alpha value is -0.930. The first-order valence-electron chi connectivity index (χ1n) is 7.72. The lowest BCUT2D eigenvalue weighted by Gasteiger charge is -2.20. The first-order valence-corrected chi connectivity index (χ1v) is 7.72. The van der Waals surface area contributed by atoms with Gasteiger partial charge in [0.15, 0.2) is 0 Å². The van der Waals surface area contributed by atoms with Gasteiger partial charge in [0.2, 0.25) is 0 Å². The van der Waals surface area contributed by atoms with Crippen LogP contribution in [-0.4, -0.2) is 19.8 Å². The Bertz CT molecular complexity index is 370. The van der Waals surface area contributed by atoms with E-state index < -0.39 is 0 Å². The van der Waals surface area contributed by atoms with Crippen LogP contribution in [-0.2, 0) is 4.74 Å². The van der Waals surface area contributed by atoms with Crippen LogP contribution in [0.15, 0.2) is 24.3 Å². The SMILES string of the molecule is CCCCCCC(C)OCC(NC)c1ccccc1F. The predicted molar refractivity (Wildman–Crippen MR) is 82.4 cm³/mol. The molecular formula is C17H28FNO. The van der Waals surface area contributed by atoms with Crippen LogP contribution in [0.4, 0.5) is 4.39 Å². The molecule has 2 atom stereocenters. The van der Waals surface area contributed by atoms with E-state index in [4.69, 9.17) is 4.74 Å². The Morgan fingerprint density at radius 2 is 1.95 bits per heavy atom. The number of rotatable bonds is 10. The van der Waals surface area contributed by atoms with E-state index in [2.05, 4.69) is 19.2 Å². The summed E-state index contributed by atoms with van der Waals surface area (Å²) in [6, 6.07) is 6.79. The van der Waals surface area contributed by atoms with Crippen molar-refractivity contribution < 1.29 is 9.13 Å². The van der Waals surface area contributed by atoms with Gasteiger partial charge in [-0.25, -0.2) is 4.39 Å². The molecule has 2 unspecified atom stereocenters. The van der Waals surface area contributed by atoms with Crippen molar-refractivity contribution in [3.8, 4) is 0 Å². The third-order valence-corrected chi connectivity index (χ3v) is 3.64. The van der Waals surface area contributed by atoms with Gasteiger partial charge < -0.3 is 10.1 Å². The summed E-state index contributed by atoms with van der Waals surface area (Å²) in [7, 11) is 1.84. The molecular weight excluding hydrogens is 253 g/mol. The van der Waals surface area contributed by atoms with Crippen LogP contribution >= 0.6 is 0 Å². The first-order chi connectivity index (χ1) is 9.69. The van der Waals surface area contributed by atoms with E-state index in [9.17, 15) is 4.39 Å². The zero-order valence-electron chi connectivity index (χ0n) is 13.0. The van der Waals surface area contributed by atoms with Crippen LogP contribution in [0.2, 0.25) is 0 Å². The van der Waals surface area contributed by atoms with Crippen LogP contribution in [0.25, 0.3) is 0 Å². The summed E-state index contributed by atoms with van der Waals surface area (Å²) in [5.41, 5.74) is 0.674. The van der Waals surface area contributed by atoms with Crippen molar-refractivity contribution in [2.24, 2.45) is 0 Å². The molecule has 2 nitrogen and oxygen atoms in total. The monoisotopic (exact) mass is 281 g/mol. The zero-order chi connectivity index (χ0) is 14.8. The van der Waals surface area contributed by atoms with E-state index in [-0.39, 0.29) is 18.0 Å². The lowest BCUT2D eigenvalue weighted by molar-refractivity contribution is 0.0435. The number of benzene rings is 1. The predicted octanol–water partition coefficient (Wildman–Crippen LogP) is 4.46. The van der Waals surface area contributed by atoms with Gasteiger partial charge in [-0.15, -0.1) is 0 Å². The highest BCUT2D eigenvalue weighted by atomic mass is 19.1. The molecule has 0 saturated carbocycles. The molecule has 0 radical (unpaired) electrons. The average molecular weight is 281 g/mol. The average Bonchev–Trinajstić information content (AvgIpc) is 2.46. The van der Waals surface area contributed by atoms with Gasteiger partial charge in [0.25, 0.3) is 0 Å². The fourth-order valence-electron chi connectivity index (χ4n) is 2.29. The summed E-state index contributed by atoms with van der Waals surface area (Å²) < 4.78 is 19.6. The normalized spacial score (nSPS) is 14.2. The second-order valence-electron chi connectivity index (χ2n) is 5.36. The number of unbranched alkanes of at least 4 members (excludes halogenated alkanes) is 3. The maximum atomic E-state index is 13.7. The van der Waals surface area contributed by atoms with Crippen molar-refractivity contribution >= 4 is 0 Å². The summed E-state index contributed by atoms with van der Waals surface area (Å²) in [5.74, 6) is -0.175. The molecule has 0 heterocycles. The molecule has 0 saturated heterocycles. The molecule has 20 heavy (non-hydrogen) atoms. The molecule has 1 N–H and O–H groups in total. The molecule has 0 bridgehead atoms. The standard InChI is InChI=1S/C17H28FNO/c1-4-5-6-7-10-14(2)20-13-17(19-3)15-11-8-9-12-16(15)18/h8-9,11-12,14,17,19H,4-7,10,13H2,1-3H3. The summed E-state index contributed by atoms with van der Waals surface area (Å²) in [5, 5.41) is 3.13. The van der Waals surface area contributed by atoms with Crippen molar-refractivity contribution in [1.29, 1.82) is 0 Å². The molecule has 114 valence electrons. The molecule has 1 aromatic carbocycles. The number of likely N-dealkylation sites (N-methyl/N-ethyl adjacent to an activating group) is 1. The Morgan fingerprint density at radius 1 is 1.20 bits per heavy atom. The van der Waals surface area contributed by atoms with Crippen LogP contribution in [0, 0.1) is 5.82 Å². The van der Waals surface area contributed by atoms with Crippen molar-refractivity contribution in [3.05, 3.63) is 35.6 Å². The molecule has 0 amide bonds. The van der Waals surface area contributed by atoms with E-state index in [1.165, 1.54) is 31.7 Å². The molecule has 0 aliphatic rings. The highest BCUT2D eigenvalue weighted by Crippen LogP contribution is 2.18. The minimum Gasteiger partial charge on any atom is -0.377 e. The lowest BCUT2D eigenvalue weighted by atomic mass is 10.1. The maximum Gasteiger partial charge on any atom is 0.128 e. The third-order valence-electron chi connectivity index (χ3n) is 3.64. The van der Waals surface area contributed by atoms with Gasteiger partial charge >= 0.3 is 0 Å². The molecule has 0 spiro atoms. The summed E-state index contributed by atoms with van der Waals surface area (Å²) in [4.78, 5) is 0. The van der Waals surface area contributed by atoms with Crippen molar-refractivity contribution in [1.82, 2.24) is 5.32 Å². The second-order valence-corrected chi connectivity index (χ2v) is 5.36. The largest absolute Gasteiger partial charge is 0.377 e. The fraction of sp³-hybridized carbons (Fsp3) is 0.647. The minimum atomic E-state index is -0.175. The van der Waals surface area contributed by atoms with Crippen LogP contribution < -0.4 is 5.32 Å². The fourth-order valence-corrected chi connectivity index (χ4v) is 2.29. The third kappa shape index (κ3) is 6.02. The van der Waals surface area contributed by atoms with Crippen molar-refractivity contribution in [3.63, 3.8) is 0 Å². The van der Waals surface area contributed by atoms with E-state index in [0.29, 0.717) is 12.2 Å². The Kier molecular flexibility index (Phi) is 8.47. The highest BCUT2D eigenvalue weighted by molar-refractivity contribution is 5.21. The molecule has 0 fully saturated rings. The van der Waals surface area contributed by atoms with Crippen LogP contribution in [0.1, 0.15) is 57.6 Å². The van der Waals surface area contributed by atoms with Crippen molar-refractivity contribution in [2.75, 3.05) is 13.7 Å². The number of halogens is 1. The molecule has 0 aliphatic heterocycles. The van der Waals surface area contributed by atoms with Crippen molar-refractivity contribution in [2.45, 2.75) is 58.1 Å². The van der Waals surface area contributed by atoms with E-state index in [1.807, 2.05) is 19.2 Å². The zero-order valence-corrected chi connectivity index (χ0v) is 13.0. The quantitative estimate of drug-likeness (QED) is 0.639. The van der Waals surface area contributed by atoms with Crippen LogP contribution in [0.3, 0.4) is 0 Å². The van der Waals surface area contributed by atoms with Gasteiger partial charge in [0, 0.05) is 5.56 Å². The molecule has 1 rings (SSSR count). The number of hydrogen-bond acceptors (Lipinski definition) is 2. The second kappa shape index (κ2) is 9.89. The first kappa shape index (κ1) is 17.1. The van der Waals surface area contributed by atoms with Gasteiger partial charge in [-0.2, -0.15) is 0 Å². The summed E-state index contributed by atoms with van der Waals surface area (Å²) in [6.45, 7) is 4.82. The summed E-state index contributed by atoms with van der Waals surface area (Å²) >= 11 is 0. The molecule has 1 aromatic rings. The maximum absolute atomic E-state index is 13.7. The van der Waals surface area contributed by atoms with Gasteiger partial charge in [-0.05, 0) is 26.5 Å². The van der Waals surface area contributed by atoms with E-state index in [0.717, 1.165) is 6.42 Å². The minimum absolute atomic E-state index is 0.0886. The van der Waals surface area contributed by atoms with E-state index >= 15 is 0 Å². The smallest absolute Gasteiger partial charge is 0.128 e. The lowest BCUT2D eigenvalue weighted by Crippen LogP contribution is -2.25. The van der Waals surface area contributed by atoms with E-state index in [1.54, 1.807) is 6.07 Å². The van der Waals surface area contributed by atoms with Gasteiger partial charge in [-0.1, -0.05) is 50.8 Å². The topological polar surface area (TPSA) is 21.3 Å². The highest BCUT2D eigenvalue weighted by Gasteiger charge is 2.15. The van der Waals surface area contributed by atoms with Crippen LogP contribution in [0.5, 0.6) is 0 Å². The Balaban J connectivity index is 2.36. The summed E-state index contributed by atoms with van der Waals surface area (Å²) in [6.07, 6.45) is 6.33. The molecule has 3 heteroatoms. The Labute approximate surface area is 122 Å². The number of hydrogen-bond donors (Lipinski definition) is 1. The van der Waals surface area contributed by atoms with Gasteiger partial charge in [0.1, 0.15) is 5.82 Å². The van der Waals surface area contributed by atoms with Gasteiger partial charge in [-0.3, -0.25) is 0 Å². The molecule has 0 aromatic heterocycles.